The third kappa shape index (κ3) is 9.23. The molecule has 3 aromatic carbocycles. The summed E-state index contributed by atoms with van der Waals surface area (Å²) in [6, 6.07) is 26.7. The van der Waals surface area contributed by atoms with E-state index < -0.39 is 16.1 Å². The number of ether oxygens (including phenoxy) is 1. The van der Waals surface area contributed by atoms with Gasteiger partial charge in [0.1, 0.15) is 11.8 Å². The summed E-state index contributed by atoms with van der Waals surface area (Å²) in [5.74, 6) is 0.263. The summed E-state index contributed by atoms with van der Waals surface area (Å²) in [5, 5.41) is 3.03. The molecule has 1 aromatic heterocycles. The molecule has 5 rings (SSSR count). The van der Waals surface area contributed by atoms with E-state index in [1.165, 1.54) is 0 Å². The molecule has 2 N–H and O–H groups in total. The zero-order valence-corrected chi connectivity index (χ0v) is 26.1. The fourth-order valence-corrected chi connectivity index (χ4v) is 6.31. The van der Waals surface area contributed by atoms with Gasteiger partial charge in [0.15, 0.2) is 0 Å². The van der Waals surface area contributed by atoms with Gasteiger partial charge in [-0.25, -0.2) is 13.1 Å². The van der Waals surface area contributed by atoms with Gasteiger partial charge in [0, 0.05) is 44.4 Å². The van der Waals surface area contributed by atoms with Crippen molar-refractivity contribution in [1.82, 2.24) is 19.9 Å². The van der Waals surface area contributed by atoms with E-state index in [-0.39, 0.29) is 35.7 Å². The maximum Gasteiger partial charge on any atom is 0.243 e. The van der Waals surface area contributed by atoms with Gasteiger partial charge in [-0.1, -0.05) is 54.6 Å². The van der Waals surface area contributed by atoms with E-state index >= 15 is 0 Å². The van der Waals surface area contributed by atoms with Crippen LogP contribution in [0.3, 0.4) is 0 Å². The van der Waals surface area contributed by atoms with Crippen LogP contribution in [0.4, 0.5) is 0 Å². The number of amides is 2. The standard InChI is InChI=1S/C35H38N4O5S/c1-44-31-14-7-29(8-15-31)25-39(34(40)18-11-26-9-16-32(17-10-26)45(42,43)38-30-12-13-30)33(23-27-5-3-2-4-6-27)35(41)37-24-28-19-21-36-22-20-28/h2-10,14-17,19-22,30,33,38H,11-13,18,23-25H2,1H3,(H,37,41). The minimum Gasteiger partial charge on any atom is -0.497 e. The highest BCUT2D eigenvalue weighted by molar-refractivity contribution is 7.89. The predicted molar refractivity (Wildman–Crippen MR) is 172 cm³/mol. The number of methoxy groups -OCH3 is 1. The van der Waals surface area contributed by atoms with Gasteiger partial charge in [-0.15, -0.1) is 0 Å². The Morgan fingerprint density at radius 1 is 0.867 bits per heavy atom. The van der Waals surface area contributed by atoms with Gasteiger partial charge >= 0.3 is 0 Å². The van der Waals surface area contributed by atoms with Crippen molar-refractivity contribution in [3.05, 3.63) is 126 Å². The lowest BCUT2D eigenvalue weighted by Gasteiger charge is -2.32. The maximum absolute atomic E-state index is 14.0. The van der Waals surface area contributed by atoms with Crippen LogP contribution in [0.15, 0.2) is 108 Å². The first-order valence-corrected chi connectivity index (χ1v) is 16.5. The molecule has 0 saturated heterocycles. The first kappa shape index (κ1) is 31.9. The number of nitrogens with one attached hydrogen (secondary N) is 2. The van der Waals surface area contributed by atoms with E-state index in [0.717, 1.165) is 35.1 Å². The van der Waals surface area contributed by atoms with Crippen LogP contribution in [0.1, 0.15) is 41.5 Å². The molecule has 0 aliphatic heterocycles. The lowest BCUT2D eigenvalue weighted by molar-refractivity contribution is -0.141. The van der Waals surface area contributed by atoms with E-state index in [4.69, 9.17) is 4.74 Å². The Labute approximate surface area is 264 Å². The highest BCUT2D eigenvalue weighted by atomic mass is 32.2. The number of sulfonamides is 1. The molecule has 10 heteroatoms. The van der Waals surface area contributed by atoms with E-state index in [9.17, 15) is 18.0 Å². The lowest BCUT2D eigenvalue weighted by atomic mass is 10.0. The molecule has 1 aliphatic carbocycles. The molecule has 1 aliphatic rings. The van der Waals surface area contributed by atoms with Gasteiger partial charge in [-0.3, -0.25) is 14.6 Å². The average Bonchev–Trinajstić information content (AvgIpc) is 3.89. The summed E-state index contributed by atoms with van der Waals surface area (Å²) in [6.07, 6.45) is 5.95. The zero-order chi connectivity index (χ0) is 31.6. The van der Waals surface area contributed by atoms with Gasteiger partial charge in [-0.05, 0) is 77.9 Å². The van der Waals surface area contributed by atoms with Crippen LogP contribution in [-0.2, 0) is 45.5 Å². The number of aromatic nitrogens is 1. The molecule has 1 saturated carbocycles. The minimum atomic E-state index is -3.56. The predicted octanol–water partition coefficient (Wildman–Crippen LogP) is 4.42. The molecule has 9 nitrogen and oxygen atoms in total. The number of aryl methyl sites for hydroxylation is 1. The van der Waals surface area contributed by atoms with Crippen LogP contribution in [-0.4, -0.2) is 49.3 Å². The quantitative estimate of drug-likeness (QED) is 0.202. The van der Waals surface area contributed by atoms with Crippen LogP contribution in [0.5, 0.6) is 5.75 Å². The SMILES string of the molecule is COc1ccc(CN(C(=O)CCc2ccc(S(=O)(=O)NC3CC3)cc2)C(Cc2ccccc2)C(=O)NCc2ccncc2)cc1. The minimum absolute atomic E-state index is 0.0229. The molecule has 234 valence electrons. The molecular weight excluding hydrogens is 588 g/mol. The van der Waals surface area contributed by atoms with Crippen molar-refractivity contribution in [2.24, 2.45) is 0 Å². The van der Waals surface area contributed by atoms with Gasteiger partial charge in [0.05, 0.1) is 12.0 Å². The Balaban J connectivity index is 1.36. The fraction of sp³-hybridized carbons (Fsp3) is 0.286. The van der Waals surface area contributed by atoms with Crippen LogP contribution >= 0.6 is 0 Å². The molecule has 4 aromatic rings. The third-order valence-electron chi connectivity index (χ3n) is 7.76. The Morgan fingerprint density at radius 3 is 2.18 bits per heavy atom. The largest absolute Gasteiger partial charge is 0.497 e. The normalized spacial score (nSPS) is 13.5. The number of carbonyl (C=O) groups is 2. The second kappa shape index (κ2) is 15.0. The Hall–Kier alpha value is -4.54. The molecule has 0 spiro atoms. The second-order valence-electron chi connectivity index (χ2n) is 11.2. The summed E-state index contributed by atoms with van der Waals surface area (Å²) in [7, 11) is -1.96. The van der Waals surface area contributed by atoms with Crippen molar-refractivity contribution in [2.75, 3.05) is 7.11 Å². The van der Waals surface area contributed by atoms with Crippen LogP contribution in [0.2, 0.25) is 0 Å². The molecule has 0 bridgehead atoms. The molecular formula is C35H38N4O5S. The lowest BCUT2D eigenvalue weighted by Crippen LogP contribution is -2.50. The van der Waals surface area contributed by atoms with Gasteiger partial charge in [-0.2, -0.15) is 0 Å². The average molecular weight is 627 g/mol. The topological polar surface area (TPSA) is 118 Å². The number of hydrogen-bond donors (Lipinski definition) is 2. The van der Waals surface area contributed by atoms with E-state index in [2.05, 4.69) is 15.0 Å². The summed E-state index contributed by atoms with van der Waals surface area (Å²) < 4.78 is 33.1. The molecule has 2 amide bonds. The van der Waals surface area contributed by atoms with Crippen molar-refractivity contribution in [3.63, 3.8) is 0 Å². The van der Waals surface area contributed by atoms with Crippen molar-refractivity contribution < 1.29 is 22.7 Å². The molecule has 1 fully saturated rings. The smallest absolute Gasteiger partial charge is 0.243 e. The summed E-state index contributed by atoms with van der Waals surface area (Å²) in [6.45, 7) is 0.537. The Morgan fingerprint density at radius 2 is 1.53 bits per heavy atom. The van der Waals surface area contributed by atoms with Crippen LogP contribution < -0.4 is 14.8 Å². The van der Waals surface area contributed by atoms with Crippen molar-refractivity contribution in [1.29, 1.82) is 0 Å². The number of benzene rings is 3. The second-order valence-corrected chi connectivity index (χ2v) is 12.9. The third-order valence-corrected chi connectivity index (χ3v) is 9.30. The van der Waals surface area contributed by atoms with E-state index in [1.807, 2.05) is 66.7 Å². The first-order valence-electron chi connectivity index (χ1n) is 15.0. The van der Waals surface area contributed by atoms with Gasteiger partial charge in [0.25, 0.3) is 0 Å². The highest BCUT2D eigenvalue weighted by Gasteiger charge is 2.31. The Bertz CT molecular complexity index is 1660. The summed E-state index contributed by atoms with van der Waals surface area (Å²) in [4.78, 5) is 33.8. The van der Waals surface area contributed by atoms with Crippen molar-refractivity contribution >= 4 is 21.8 Å². The first-order chi connectivity index (χ1) is 21.8. The van der Waals surface area contributed by atoms with Crippen molar-refractivity contribution in [3.8, 4) is 5.75 Å². The van der Waals surface area contributed by atoms with E-state index in [1.54, 1.807) is 48.7 Å². The molecule has 1 atom stereocenters. The van der Waals surface area contributed by atoms with Crippen LogP contribution in [0.25, 0.3) is 0 Å². The number of nitrogens with zero attached hydrogens (tertiary/aromatic N) is 2. The molecule has 1 unspecified atom stereocenters. The van der Waals surface area contributed by atoms with Crippen LogP contribution in [0, 0.1) is 0 Å². The Kier molecular flexibility index (Phi) is 10.6. The molecule has 45 heavy (non-hydrogen) atoms. The summed E-state index contributed by atoms with van der Waals surface area (Å²) >= 11 is 0. The monoisotopic (exact) mass is 626 g/mol. The number of pyridine rings is 1. The highest BCUT2D eigenvalue weighted by Crippen LogP contribution is 2.23. The fourth-order valence-electron chi connectivity index (χ4n) is 5.01. The maximum atomic E-state index is 14.0. The zero-order valence-electron chi connectivity index (χ0n) is 25.3. The molecule has 1 heterocycles. The number of carbonyl (C=O) groups excluding carboxylic acids is 2. The van der Waals surface area contributed by atoms with Gasteiger partial charge < -0.3 is 15.0 Å². The number of hydrogen-bond acceptors (Lipinski definition) is 6. The van der Waals surface area contributed by atoms with Gasteiger partial charge in [0.2, 0.25) is 21.8 Å². The molecule has 0 radical (unpaired) electrons. The van der Waals surface area contributed by atoms with E-state index in [0.29, 0.717) is 25.1 Å². The summed E-state index contributed by atoms with van der Waals surface area (Å²) in [5.41, 5.74) is 3.54. The number of rotatable bonds is 15. The van der Waals surface area contributed by atoms with Crippen molar-refractivity contribution in [2.45, 2.75) is 62.2 Å².